The quantitative estimate of drug-likeness (QED) is 0.897. The lowest BCUT2D eigenvalue weighted by atomic mass is 10.1. The first-order valence-electron chi connectivity index (χ1n) is 6.74. The van der Waals surface area contributed by atoms with Crippen molar-refractivity contribution < 1.29 is 4.79 Å². The van der Waals surface area contributed by atoms with Crippen LogP contribution in [-0.2, 0) is 0 Å². The molecule has 0 bridgehead atoms. The zero-order chi connectivity index (χ0) is 14.1. The Bertz CT molecular complexity index is 622. The van der Waals surface area contributed by atoms with Gasteiger partial charge in [-0.2, -0.15) is 5.10 Å². The molecule has 2 aromatic heterocycles. The number of amides is 1. The molecule has 1 aliphatic rings. The number of carbonyl (C=O) groups excluding carboxylic acids is 1. The average molecular weight is 271 g/mol. The summed E-state index contributed by atoms with van der Waals surface area (Å²) in [5.41, 5.74) is 2.44. The van der Waals surface area contributed by atoms with Crippen molar-refractivity contribution in [3.8, 4) is 0 Å². The number of nitrogens with zero attached hydrogens (tertiary/aromatic N) is 4. The molecule has 0 saturated carbocycles. The first kappa shape index (κ1) is 12.8. The fraction of sp³-hybridized carbons (Fsp3) is 0.429. The summed E-state index contributed by atoms with van der Waals surface area (Å²) in [6.07, 6.45) is 4.33. The van der Waals surface area contributed by atoms with E-state index in [1.54, 1.807) is 12.4 Å². The molecule has 1 fully saturated rings. The normalized spacial score (nSPS) is 18.5. The van der Waals surface area contributed by atoms with Crippen LogP contribution in [-0.4, -0.2) is 44.1 Å². The fourth-order valence-corrected chi connectivity index (χ4v) is 2.66. The highest BCUT2D eigenvalue weighted by molar-refractivity contribution is 5.95. The molecule has 3 rings (SSSR count). The molecule has 6 nitrogen and oxygen atoms in total. The van der Waals surface area contributed by atoms with Crippen LogP contribution >= 0.6 is 0 Å². The van der Waals surface area contributed by atoms with Crippen LogP contribution in [0.25, 0.3) is 0 Å². The molecule has 1 amide bonds. The summed E-state index contributed by atoms with van der Waals surface area (Å²) < 4.78 is 0. The van der Waals surface area contributed by atoms with E-state index in [-0.39, 0.29) is 5.91 Å². The minimum Gasteiger partial charge on any atom is -0.338 e. The van der Waals surface area contributed by atoms with Crippen LogP contribution in [0.3, 0.4) is 0 Å². The summed E-state index contributed by atoms with van der Waals surface area (Å²) in [6.45, 7) is 5.15. The van der Waals surface area contributed by atoms with Crippen molar-refractivity contribution in [2.45, 2.75) is 26.2 Å². The van der Waals surface area contributed by atoms with E-state index in [9.17, 15) is 4.79 Å². The molecule has 20 heavy (non-hydrogen) atoms. The molecule has 6 heteroatoms. The third kappa shape index (κ3) is 2.29. The van der Waals surface area contributed by atoms with Gasteiger partial charge >= 0.3 is 0 Å². The van der Waals surface area contributed by atoms with Crippen molar-refractivity contribution in [1.29, 1.82) is 0 Å². The molecule has 2 aromatic rings. The molecule has 0 spiro atoms. The van der Waals surface area contributed by atoms with E-state index < -0.39 is 0 Å². The SMILES string of the molecule is Cc1ncc(C(=O)N2CC[C@@H](c3ccn[nH]3)C2)c(C)n1. The largest absolute Gasteiger partial charge is 0.338 e. The predicted molar refractivity (Wildman–Crippen MR) is 73.4 cm³/mol. The Balaban J connectivity index is 1.76. The Morgan fingerprint density at radius 1 is 1.45 bits per heavy atom. The Kier molecular flexibility index (Phi) is 3.22. The summed E-state index contributed by atoms with van der Waals surface area (Å²) in [7, 11) is 0. The second-order valence-electron chi connectivity index (χ2n) is 5.17. The molecule has 1 N–H and O–H groups in total. The van der Waals surface area contributed by atoms with Gasteiger partial charge in [-0.1, -0.05) is 0 Å². The minimum atomic E-state index is 0.0181. The van der Waals surface area contributed by atoms with Gasteiger partial charge in [-0.25, -0.2) is 9.97 Å². The van der Waals surface area contributed by atoms with E-state index in [1.807, 2.05) is 24.8 Å². The first-order valence-corrected chi connectivity index (χ1v) is 6.74. The van der Waals surface area contributed by atoms with Crippen LogP contribution in [0.15, 0.2) is 18.5 Å². The zero-order valence-electron chi connectivity index (χ0n) is 11.6. The monoisotopic (exact) mass is 271 g/mol. The van der Waals surface area contributed by atoms with Crippen LogP contribution in [0.4, 0.5) is 0 Å². The second-order valence-corrected chi connectivity index (χ2v) is 5.17. The summed E-state index contributed by atoms with van der Waals surface area (Å²) in [5.74, 6) is 1.05. The highest BCUT2D eigenvalue weighted by Crippen LogP contribution is 2.26. The van der Waals surface area contributed by atoms with Gasteiger partial charge in [0.1, 0.15) is 5.82 Å². The third-order valence-corrected chi connectivity index (χ3v) is 3.77. The van der Waals surface area contributed by atoms with Crippen molar-refractivity contribution >= 4 is 5.91 Å². The number of aromatic amines is 1. The van der Waals surface area contributed by atoms with Crippen molar-refractivity contribution in [2.75, 3.05) is 13.1 Å². The van der Waals surface area contributed by atoms with E-state index >= 15 is 0 Å². The number of rotatable bonds is 2. The number of aromatic nitrogens is 4. The fourth-order valence-electron chi connectivity index (χ4n) is 2.66. The van der Waals surface area contributed by atoms with E-state index in [0.717, 1.165) is 24.4 Å². The summed E-state index contributed by atoms with van der Waals surface area (Å²) in [4.78, 5) is 22.8. The van der Waals surface area contributed by atoms with Crippen LogP contribution in [0.2, 0.25) is 0 Å². The number of hydrogen-bond donors (Lipinski definition) is 1. The topological polar surface area (TPSA) is 74.8 Å². The summed E-state index contributed by atoms with van der Waals surface area (Å²) >= 11 is 0. The third-order valence-electron chi connectivity index (χ3n) is 3.77. The Morgan fingerprint density at radius 2 is 2.30 bits per heavy atom. The maximum atomic E-state index is 12.5. The second kappa shape index (κ2) is 5.03. The van der Waals surface area contributed by atoms with Crippen LogP contribution in [0.5, 0.6) is 0 Å². The molecule has 0 radical (unpaired) electrons. The van der Waals surface area contributed by atoms with Gasteiger partial charge in [-0.3, -0.25) is 9.89 Å². The number of likely N-dealkylation sites (tertiary alicyclic amines) is 1. The lowest BCUT2D eigenvalue weighted by Gasteiger charge is -2.17. The van der Waals surface area contributed by atoms with Gasteiger partial charge in [0, 0.05) is 37.1 Å². The van der Waals surface area contributed by atoms with Gasteiger partial charge in [0.2, 0.25) is 0 Å². The molecule has 0 aliphatic carbocycles. The van der Waals surface area contributed by atoms with Crippen LogP contribution < -0.4 is 0 Å². The van der Waals surface area contributed by atoms with E-state index in [0.29, 0.717) is 23.9 Å². The standard InChI is InChI=1S/C14H17N5O/c1-9-12(7-15-10(2)17-9)14(20)19-6-4-11(8-19)13-3-5-16-18-13/h3,5,7,11H,4,6,8H2,1-2H3,(H,16,18)/t11-/m1/s1. The van der Waals surface area contributed by atoms with Crippen molar-refractivity contribution in [3.05, 3.63) is 41.2 Å². The zero-order valence-corrected chi connectivity index (χ0v) is 11.6. The highest BCUT2D eigenvalue weighted by Gasteiger charge is 2.29. The number of nitrogens with one attached hydrogen (secondary N) is 1. The van der Waals surface area contributed by atoms with Crippen molar-refractivity contribution in [3.63, 3.8) is 0 Å². The van der Waals surface area contributed by atoms with Gasteiger partial charge in [-0.15, -0.1) is 0 Å². The van der Waals surface area contributed by atoms with Crippen LogP contribution in [0, 0.1) is 13.8 Å². The molecule has 1 aliphatic heterocycles. The van der Waals surface area contributed by atoms with E-state index in [1.165, 1.54) is 0 Å². The van der Waals surface area contributed by atoms with Crippen LogP contribution in [0.1, 0.15) is 39.9 Å². The van der Waals surface area contributed by atoms with Crippen molar-refractivity contribution in [1.82, 2.24) is 25.1 Å². The molecule has 1 atom stereocenters. The molecule has 104 valence electrons. The maximum Gasteiger partial charge on any atom is 0.257 e. The number of H-pyrrole nitrogens is 1. The highest BCUT2D eigenvalue weighted by atomic mass is 16.2. The summed E-state index contributed by atoms with van der Waals surface area (Å²) in [5, 5.41) is 6.95. The van der Waals surface area contributed by atoms with Gasteiger partial charge in [0.25, 0.3) is 5.91 Å². The number of carbonyl (C=O) groups is 1. The Morgan fingerprint density at radius 3 is 3.00 bits per heavy atom. The lowest BCUT2D eigenvalue weighted by Crippen LogP contribution is -2.29. The smallest absolute Gasteiger partial charge is 0.257 e. The first-order chi connectivity index (χ1) is 9.65. The molecular weight excluding hydrogens is 254 g/mol. The molecule has 0 aromatic carbocycles. The Labute approximate surface area is 117 Å². The number of aryl methyl sites for hydroxylation is 2. The molecule has 1 saturated heterocycles. The Hall–Kier alpha value is -2.24. The summed E-state index contributed by atoms with van der Waals surface area (Å²) in [6, 6.07) is 1.97. The number of hydrogen-bond acceptors (Lipinski definition) is 4. The maximum absolute atomic E-state index is 12.5. The van der Waals surface area contributed by atoms with Crippen molar-refractivity contribution in [2.24, 2.45) is 0 Å². The minimum absolute atomic E-state index is 0.0181. The van der Waals surface area contributed by atoms with Gasteiger partial charge in [0.05, 0.1) is 11.3 Å². The molecule has 0 unspecified atom stereocenters. The molecule has 3 heterocycles. The van der Waals surface area contributed by atoms with Gasteiger partial charge in [0.15, 0.2) is 0 Å². The molecular formula is C14H17N5O. The van der Waals surface area contributed by atoms with E-state index in [2.05, 4.69) is 20.2 Å². The predicted octanol–water partition coefficient (Wildman–Crippen LogP) is 1.45. The average Bonchev–Trinajstić information content (AvgIpc) is 3.09. The van der Waals surface area contributed by atoms with E-state index in [4.69, 9.17) is 0 Å². The van der Waals surface area contributed by atoms with Gasteiger partial charge < -0.3 is 4.90 Å². The lowest BCUT2D eigenvalue weighted by molar-refractivity contribution is 0.0789. The van der Waals surface area contributed by atoms with Gasteiger partial charge in [-0.05, 0) is 26.3 Å².